The quantitative estimate of drug-likeness (QED) is 0.205. The predicted molar refractivity (Wildman–Crippen MR) is 166 cm³/mol. The number of aromatic nitrogens is 1. The highest BCUT2D eigenvalue weighted by Gasteiger charge is 2.23. The van der Waals surface area contributed by atoms with Crippen LogP contribution in [-0.2, 0) is 7.05 Å². The van der Waals surface area contributed by atoms with Crippen molar-refractivity contribution in [1.29, 1.82) is 0 Å². The normalized spacial score (nSPS) is 11.4. The summed E-state index contributed by atoms with van der Waals surface area (Å²) >= 11 is 0. The topological polar surface area (TPSA) is 17.0 Å². The molecule has 41 heavy (non-hydrogen) atoms. The first-order valence-electron chi connectivity index (χ1n) is 13.9. The average Bonchev–Trinajstić information content (AvgIpc) is 3.36. The number of aryl methyl sites for hydroxylation is 3. The Labute approximate surface area is 239 Å². The van der Waals surface area contributed by atoms with E-state index in [1.807, 2.05) is 43.6 Å². The van der Waals surface area contributed by atoms with Gasteiger partial charge in [-0.2, -0.15) is 0 Å². The minimum atomic E-state index is -0.296. The number of fused-ring (bicyclic) bond motifs is 3. The Kier molecular flexibility index (Phi) is 6.01. The molecule has 2 aromatic heterocycles. The monoisotopic (exact) mass is 534 g/mol. The van der Waals surface area contributed by atoms with E-state index in [-0.39, 0.29) is 5.82 Å². The number of benzene rings is 5. The Hall–Kier alpha value is -5.02. The molecule has 0 N–H and O–H groups in total. The van der Waals surface area contributed by atoms with Crippen LogP contribution >= 0.6 is 0 Å². The predicted octanol–water partition coefficient (Wildman–Crippen LogP) is 9.83. The van der Waals surface area contributed by atoms with Gasteiger partial charge in [0.2, 0.25) is 5.69 Å². The molecule has 0 bridgehead atoms. The first kappa shape index (κ1) is 25.0. The first-order valence-corrected chi connectivity index (χ1v) is 13.9. The molecule has 0 saturated carbocycles. The molecule has 7 rings (SSSR count). The Morgan fingerprint density at radius 1 is 0.537 bits per heavy atom. The molecule has 0 amide bonds. The highest BCUT2D eigenvalue weighted by atomic mass is 19.1. The van der Waals surface area contributed by atoms with Gasteiger partial charge in [-0.1, -0.05) is 84.9 Å². The molecule has 0 aliphatic rings. The summed E-state index contributed by atoms with van der Waals surface area (Å²) in [6.45, 7) is 4.22. The van der Waals surface area contributed by atoms with Crippen molar-refractivity contribution in [3.8, 4) is 44.6 Å². The van der Waals surface area contributed by atoms with Gasteiger partial charge in [0.1, 0.15) is 24.0 Å². The lowest BCUT2D eigenvalue weighted by Gasteiger charge is -2.09. The fraction of sp³-hybridized carbons (Fsp3) is 0.0789. The van der Waals surface area contributed by atoms with Crippen LogP contribution in [0, 0.1) is 19.7 Å². The highest BCUT2D eigenvalue weighted by molar-refractivity contribution is 6.13. The second-order valence-electron chi connectivity index (χ2n) is 10.7. The van der Waals surface area contributed by atoms with Crippen molar-refractivity contribution in [3.05, 3.63) is 138 Å². The van der Waals surface area contributed by atoms with E-state index in [1.165, 1.54) is 16.7 Å². The van der Waals surface area contributed by atoms with E-state index in [1.54, 1.807) is 6.07 Å². The van der Waals surface area contributed by atoms with Gasteiger partial charge in [0.25, 0.3) is 0 Å². The summed E-state index contributed by atoms with van der Waals surface area (Å²) in [4.78, 5) is 0. The highest BCUT2D eigenvalue weighted by Crippen LogP contribution is 2.42. The van der Waals surface area contributed by atoms with Crippen molar-refractivity contribution < 1.29 is 13.4 Å². The van der Waals surface area contributed by atoms with Crippen molar-refractivity contribution >= 4 is 21.9 Å². The van der Waals surface area contributed by atoms with E-state index in [4.69, 9.17) is 4.42 Å². The molecular weight excluding hydrogens is 505 g/mol. The fourth-order valence-corrected chi connectivity index (χ4v) is 5.92. The number of nitrogens with zero attached hydrogens (tertiary/aromatic N) is 1. The standard InChI is InChI=1S/C38H29FNO/c1-24-8-4-5-9-30(24)28-16-12-26(13-17-28)27-14-18-29(19-15-27)36-33(39)22-21-32-31-20-11-25(2)35(37(31)41-38(32)36)34-10-6-7-23-40(34)3/h4-23H,1-3H3/q+1. The molecule has 7 aromatic rings. The van der Waals surface area contributed by atoms with Crippen molar-refractivity contribution in [3.63, 3.8) is 0 Å². The van der Waals surface area contributed by atoms with Crippen LogP contribution in [0.25, 0.3) is 66.6 Å². The zero-order valence-electron chi connectivity index (χ0n) is 23.3. The molecule has 0 fully saturated rings. The molecule has 5 aromatic carbocycles. The third-order valence-electron chi connectivity index (χ3n) is 8.13. The lowest BCUT2D eigenvalue weighted by atomic mass is 9.95. The molecule has 0 aliphatic carbocycles. The number of furan rings is 1. The fourth-order valence-electron chi connectivity index (χ4n) is 5.92. The summed E-state index contributed by atoms with van der Waals surface area (Å²) < 4.78 is 24.2. The SMILES string of the molecule is Cc1ccccc1-c1ccc(-c2ccc(-c3c(F)ccc4c3oc3c(-c5cccc[n+]5C)c(C)ccc34)cc2)cc1. The molecular formula is C38H29FNO+. The van der Waals surface area contributed by atoms with Gasteiger partial charge in [0.15, 0.2) is 6.20 Å². The maximum atomic E-state index is 15.5. The second kappa shape index (κ2) is 9.87. The Balaban J connectivity index is 1.31. The van der Waals surface area contributed by atoms with Crippen LogP contribution in [0.3, 0.4) is 0 Å². The van der Waals surface area contributed by atoms with Crippen molar-refractivity contribution in [2.45, 2.75) is 13.8 Å². The summed E-state index contributed by atoms with van der Waals surface area (Å²) in [7, 11) is 2.03. The Morgan fingerprint density at radius 3 is 1.80 bits per heavy atom. The van der Waals surface area contributed by atoms with Gasteiger partial charge in [-0.3, -0.25) is 0 Å². The average molecular weight is 535 g/mol. The number of rotatable bonds is 4. The number of hydrogen-bond acceptors (Lipinski definition) is 1. The molecule has 0 radical (unpaired) electrons. The summed E-state index contributed by atoms with van der Waals surface area (Å²) in [6, 6.07) is 38.8. The van der Waals surface area contributed by atoms with E-state index in [0.717, 1.165) is 49.9 Å². The summed E-state index contributed by atoms with van der Waals surface area (Å²) in [5.74, 6) is -0.296. The minimum Gasteiger partial charge on any atom is -0.454 e. The van der Waals surface area contributed by atoms with Gasteiger partial charge in [-0.25, -0.2) is 8.96 Å². The summed E-state index contributed by atoms with van der Waals surface area (Å²) in [5, 5.41) is 1.89. The van der Waals surface area contributed by atoms with Crippen LogP contribution in [0.1, 0.15) is 11.1 Å². The van der Waals surface area contributed by atoms with Gasteiger partial charge in [0, 0.05) is 22.9 Å². The zero-order chi connectivity index (χ0) is 28.1. The van der Waals surface area contributed by atoms with Crippen LogP contribution in [0.4, 0.5) is 4.39 Å². The number of halogens is 1. The van der Waals surface area contributed by atoms with Crippen LogP contribution in [0.2, 0.25) is 0 Å². The number of pyridine rings is 1. The lowest BCUT2D eigenvalue weighted by molar-refractivity contribution is -0.660. The Morgan fingerprint density at radius 2 is 1.12 bits per heavy atom. The van der Waals surface area contributed by atoms with Gasteiger partial charge >= 0.3 is 0 Å². The smallest absolute Gasteiger partial charge is 0.216 e. The van der Waals surface area contributed by atoms with Crippen molar-refractivity contribution in [1.82, 2.24) is 0 Å². The molecule has 198 valence electrons. The second-order valence-corrected chi connectivity index (χ2v) is 10.7. The zero-order valence-corrected chi connectivity index (χ0v) is 23.3. The van der Waals surface area contributed by atoms with Crippen molar-refractivity contribution in [2.24, 2.45) is 7.05 Å². The van der Waals surface area contributed by atoms with Gasteiger partial charge in [-0.15, -0.1) is 0 Å². The molecule has 2 nitrogen and oxygen atoms in total. The largest absolute Gasteiger partial charge is 0.454 e. The lowest BCUT2D eigenvalue weighted by Crippen LogP contribution is -2.30. The van der Waals surface area contributed by atoms with E-state index in [9.17, 15) is 0 Å². The van der Waals surface area contributed by atoms with E-state index < -0.39 is 0 Å². The van der Waals surface area contributed by atoms with Gasteiger partial charge < -0.3 is 4.42 Å². The molecule has 2 heterocycles. The van der Waals surface area contributed by atoms with Crippen molar-refractivity contribution in [2.75, 3.05) is 0 Å². The third kappa shape index (κ3) is 4.22. The first-order chi connectivity index (χ1) is 20.0. The molecule has 0 unspecified atom stereocenters. The Bertz CT molecular complexity index is 2070. The van der Waals surface area contributed by atoms with Gasteiger partial charge in [-0.05, 0) is 71.0 Å². The van der Waals surface area contributed by atoms with Gasteiger partial charge in [0.05, 0.1) is 11.1 Å². The summed E-state index contributed by atoms with van der Waals surface area (Å²) in [6.07, 6.45) is 2.03. The maximum Gasteiger partial charge on any atom is 0.216 e. The van der Waals surface area contributed by atoms with Crippen LogP contribution in [0.15, 0.2) is 126 Å². The number of hydrogen-bond donors (Lipinski definition) is 0. The third-order valence-corrected chi connectivity index (χ3v) is 8.13. The summed E-state index contributed by atoms with van der Waals surface area (Å²) in [5.41, 5.74) is 11.7. The van der Waals surface area contributed by atoms with E-state index in [2.05, 4.69) is 97.3 Å². The van der Waals surface area contributed by atoms with Crippen LogP contribution in [-0.4, -0.2) is 0 Å². The molecule has 0 atom stereocenters. The molecule has 0 aliphatic heterocycles. The molecule has 0 spiro atoms. The van der Waals surface area contributed by atoms with Crippen LogP contribution < -0.4 is 4.57 Å². The minimum absolute atomic E-state index is 0.296. The van der Waals surface area contributed by atoms with E-state index in [0.29, 0.717) is 11.1 Å². The van der Waals surface area contributed by atoms with Crippen LogP contribution in [0.5, 0.6) is 0 Å². The van der Waals surface area contributed by atoms with E-state index >= 15 is 4.39 Å². The molecule has 3 heteroatoms. The molecule has 0 saturated heterocycles. The maximum absolute atomic E-state index is 15.5.